The number of aryl methyl sites for hydroxylation is 1. The van der Waals surface area contributed by atoms with E-state index in [1.807, 2.05) is 30.1 Å². The van der Waals surface area contributed by atoms with E-state index in [0.717, 1.165) is 29.8 Å². The number of rotatable bonds is 2. The molecule has 2 aliphatic carbocycles. The Morgan fingerprint density at radius 3 is 2.52 bits per heavy atom. The second-order valence-corrected chi connectivity index (χ2v) is 8.19. The summed E-state index contributed by atoms with van der Waals surface area (Å²) in [6, 6.07) is 7.75. The van der Waals surface area contributed by atoms with E-state index in [-0.39, 0.29) is 28.0 Å². The number of halogens is 2. The quantitative estimate of drug-likeness (QED) is 0.677. The van der Waals surface area contributed by atoms with Crippen LogP contribution in [0.15, 0.2) is 36.5 Å². The number of aromatic nitrogens is 4. The molecule has 2 aliphatic rings. The van der Waals surface area contributed by atoms with E-state index in [0.29, 0.717) is 0 Å². The van der Waals surface area contributed by atoms with Gasteiger partial charge in [0.1, 0.15) is 11.6 Å². The Labute approximate surface area is 156 Å². The summed E-state index contributed by atoms with van der Waals surface area (Å²) < 4.78 is 30.4. The van der Waals surface area contributed by atoms with Crippen LogP contribution < -0.4 is 0 Å². The zero-order valence-electron chi connectivity index (χ0n) is 15.5. The van der Waals surface area contributed by atoms with Crippen molar-refractivity contribution in [2.75, 3.05) is 0 Å². The van der Waals surface area contributed by atoms with Gasteiger partial charge in [-0.05, 0) is 54.0 Å². The molecule has 0 radical (unpaired) electrons. The van der Waals surface area contributed by atoms with Crippen molar-refractivity contribution in [2.24, 2.45) is 12.5 Å². The van der Waals surface area contributed by atoms with E-state index in [1.54, 1.807) is 0 Å². The predicted molar refractivity (Wildman–Crippen MR) is 97.1 cm³/mol. The maximum absolute atomic E-state index is 14.3. The fourth-order valence-corrected chi connectivity index (χ4v) is 5.55. The molecule has 3 aromatic rings. The SMILES string of the molecule is Cn1nccc1[C@@]12CC[C@@H](c3cc(-c4c(F)cccc4F)nnc31)C2(C)C. The molecule has 1 saturated carbocycles. The Bertz CT molecular complexity index is 1050. The highest BCUT2D eigenvalue weighted by Crippen LogP contribution is 2.69. The molecule has 0 aliphatic heterocycles. The van der Waals surface area contributed by atoms with Crippen molar-refractivity contribution in [3.8, 4) is 11.3 Å². The van der Waals surface area contributed by atoms with Crippen molar-refractivity contribution in [2.45, 2.75) is 38.0 Å². The smallest absolute Gasteiger partial charge is 0.135 e. The highest BCUT2D eigenvalue weighted by Gasteiger charge is 2.65. The summed E-state index contributed by atoms with van der Waals surface area (Å²) in [5, 5.41) is 13.2. The largest absolute Gasteiger partial charge is 0.272 e. The average molecular weight is 366 g/mol. The molecule has 2 atom stereocenters. The third-order valence-electron chi connectivity index (χ3n) is 6.86. The Hall–Kier alpha value is -2.63. The molecule has 1 fully saturated rings. The zero-order valence-corrected chi connectivity index (χ0v) is 15.5. The van der Waals surface area contributed by atoms with Crippen LogP contribution in [0.4, 0.5) is 8.78 Å². The van der Waals surface area contributed by atoms with Crippen molar-refractivity contribution in [1.82, 2.24) is 20.0 Å². The van der Waals surface area contributed by atoms with Crippen LogP contribution in [0.3, 0.4) is 0 Å². The maximum Gasteiger partial charge on any atom is 0.135 e. The predicted octanol–water partition coefficient (Wildman–Crippen LogP) is 4.36. The number of hydrogen-bond donors (Lipinski definition) is 0. The van der Waals surface area contributed by atoms with Gasteiger partial charge in [0.05, 0.1) is 28.1 Å². The second-order valence-electron chi connectivity index (χ2n) is 8.19. The topological polar surface area (TPSA) is 43.6 Å². The van der Waals surface area contributed by atoms with Crippen molar-refractivity contribution < 1.29 is 8.78 Å². The van der Waals surface area contributed by atoms with Gasteiger partial charge in [-0.1, -0.05) is 19.9 Å². The molecular formula is C21H20F2N4. The van der Waals surface area contributed by atoms with E-state index in [4.69, 9.17) is 0 Å². The van der Waals surface area contributed by atoms with E-state index >= 15 is 0 Å². The molecule has 2 aromatic heterocycles. The standard InChI is InChI=1S/C21H20F2N4/c1-20(2)13-7-9-21(20,17-8-10-24-27(17)3)19-12(13)11-16(25-26-19)18-14(22)5-4-6-15(18)23/h4-6,8,10-11,13H,7,9H2,1-3H3/t13-,21-/m0/s1. The monoisotopic (exact) mass is 366 g/mol. The lowest BCUT2D eigenvalue weighted by atomic mass is 9.66. The van der Waals surface area contributed by atoms with Crippen LogP contribution in [0.1, 0.15) is 49.6 Å². The van der Waals surface area contributed by atoms with Gasteiger partial charge in [0.25, 0.3) is 0 Å². The molecule has 6 heteroatoms. The molecule has 27 heavy (non-hydrogen) atoms. The molecule has 138 valence electrons. The third kappa shape index (κ3) is 1.88. The number of nitrogens with zero attached hydrogens (tertiary/aromatic N) is 4. The fourth-order valence-electron chi connectivity index (χ4n) is 5.55. The van der Waals surface area contributed by atoms with Gasteiger partial charge in [0.2, 0.25) is 0 Å². The van der Waals surface area contributed by atoms with E-state index in [9.17, 15) is 8.78 Å². The normalized spacial score (nSPS) is 25.0. The third-order valence-corrected chi connectivity index (χ3v) is 6.86. The van der Waals surface area contributed by atoms with Crippen LogP contribution in [0.25, 0.3) is 11.3 Å². The summed E-state index contributed by atoms with van der Waals surface area (Å²) in [7, 11) is 1.95. The molecule has 0 N–H and O–H groups in total. The van der Waals surface area contributed by atoms with Crippen LogP contribution in [-0.2, 0) is 12.5 Å². The molecule has 2 bridgehead atoms. The first-order valence-corrected chi connectivity index (χ1v) is 9.19. The minimum atomic E-state index is -0.618. The fraction of sp³-hybridized carbons (Fsp3) is 0.381. The highest BCUT2D eigenvalue weighted by molar-refractivity contribution is 5.64. The lowest BCUT2D eigenvalue weighted by molar-refractivity contribution is 0.236. The molecule has 1 aromatic carbocycles. The van der Waals surface area contributed by atoms with Crippen molar-refractivity contribution in [3.63, 3.8) is 0 Å². The van der Waals surface area contributed by atoms with Crippen LogP contribution in [0.5, 0.6) is 0 Å². The van der Waals surface area contributed by atoms with Gasteiger partial charge in [0, 0.05) is 13.2 Å². The minimum Gasteiger partial charge on any atom is -0.272 e. The average Bonchev–Trinajstić information content (AvgIpc) is 3.22. The molecule has 2 heterocycles. The van der Waals surface area contributed by atoms with Crippen molar-refractivity contribution >= 4 is 0 Å². The summed E-state index contributed by atoms with van der Waals surface area (Å²) in [6.45, 7) is 4.51. The first-order valence-electron chi connectivity index (χ1n) is 9.19. The second kappa shape index (κ2) is 5.21. The molecule has 0 spiro atoms. The van der Waals surface area contributed by atoms with Crippen LogP contribution in [0.2, 0.25) is 0 Å². The van der Waals surface area contributed by atoms with Gasteiger partial charge in [-0.2, -0.15) is 10.2 Å². The summed E-state index contributed by atoms with van der Waals surface area (Å²) in [5.41, 5.74) is 2.89. The van der Waals surface area contributed by atoms with Crippen molar-refractivity contribution in [3.05, 3.63) is 65.1 Å². The molecule has 5 rings (SSSR count). The summed E-state index contributed by atoms with van der Waals surface area (Å²) >= 11 is 0. The Morgan fingerprint density at radius 1 is 1.11 bits per heavy atom. The molecule has 0 saturated heterocycles. The summed E-state index contributed by atoms with van der Waals surface area (Å²) in [4.78, 5) is 0. The number of benzene rings is 1. The van der Waals surface area contributed by atoms with Gasteiger partial charge in [-0.3, -0.25) is 4.68 Å². The summed E-state index contributed by atoms with van der Waals surface area (Å²) in [6.07, 6.45) is 3.79. The lowest BCUT2D eigenvalue weighted by Crippen LogP contribution is -2.38. The maximum atomic E-state index is 14.3. The van der Waals surface area contributed by atoms with Gasteiger partial charge in [-0.25, -0.2) is 8.78 Å². The van der Waals surface area contributed by atoms with Crippen LogP contribution in [-0.4, -0.2) is 20.0 Å². The van der Waals surface area contributed by atoms with Gasteiger partial charge < -0.3 is 0 Å². The van der Waals surface area contributed by atoms with Crippen LogP contribution >= 0.6 is 0 Å². The van der Waals surface area contributed by atoms with E-state index < -0.39 is 11.6 Å². The molecular weight excluding hydrogens is 346 g/mol. The van der Waals surface area contributed by atoms with Gasteiger partial charge >= 0.3 is 0 Å². The van der Waals surface area contributed by atoms with Gasteiger partial charge in [-0.15, -0.1) is 5.10 Å². The summed E-state index contributed by atoms with van der Waals surface area (Å²) in [5.74, 6) is -0.965. The van der Waals surface area contributed by atoms with E-state index in [2.05, 4.69) is 29.1 Å². The Morgan fingerprint density at radius 2 is 1.85 bits per heavy atom. The Balaban J connectivity index is 1.75. The molecule has 4 nitrogen and oxygen atoms in total. The first-order chi connectivity index (χ1) is 12.9. The van der Waals surface area contributed by atoms with Crippen molar-refractivity contribution in [1.29, 1.82) is 0 Å². The van der Waals surface area contributed by atoms with E-state index in [1.165, 1.54) is 18.2 Å². The number of hydrogen-bond acceptors (Lipinski definition) is 3. The zero-order chi connectivity index (χ0) is 19.0. The van der Waals surface area contributed by atoms with Crippen LogP contribution in [0, 0.1) is 17.0 Å². The van der Waals surface area contributed by atoms with Gasteiger partial charge in [0.15, 0.2) is 0 Å². The lowest BCUT2D eigenvalue weighted by Gasteiger charge is -2.37. The highest BCUT2D eigenvalue weighted by atomic mass is 19.1. The Kier molecular flexibility index (Phi) is 3.19. The minimum absolute atomic E-state index is 0.0792. The first kappa shape index (κ1) is 16.5. The molecule has 0 amide bonds. The number of fused-ring (bicyclic) bond motifs is 5. The molecule has 0 unspecified atom stereocenters.